The lowest BCUT2D eigenvalue weighted by Gasteiger charge is -2.55. The van der Waals surface area contributed by atoms with E-state index in [-0.39, 0.29) is 0 Å². The molecule has 2 saturated heterocycles. The maximum atomic E-state index is 2.52. The Morgan fingerprint density at radius 3 is 1.83 bits per heavy atom. The quantitative estimate of drug-likeness (QED) is 0.488. The van der Waals surface area contributed by atoms with Crippen LogP contribution in [0.5, 0.6) is 0 Å². The maximum absolute atomic E-state index is 2.52. The third-order valence-corrected chi connectivity index (χ3v) is 4.54. The highest BCUT2D eigenvalue weighted by Gasteiger charge is 2.47. The lowest BCUT2D eigenvalue weighted by atomic mass is 9.78. The van der Waals surface area contributed by atoms with Gasteiger partial charge in [0.2, 0.25) is 0 Å². The Morgan fingerprint density at radius 2 is 1.42 bits per heavy atom. The van der Waals surface area contributed by atoms with Gasteiger partial charge in [-0.2, -0.15) is 0 Å². The van der Waals surface area contributed by atoms with E-state index in [2.05, 4.69) is 14.0 Å². The number of hydrogen-bond donors (Lipinski definition) is 0. The summed E-state index contributed by atoms with van der Waals surface area (Å²) in [5.41, 5.74) is 0.649. The molecule has 0 aromatic heterocycles. The fraction of sp³-hybridized carbons (Fsp3) is 1.00. The first-order valence-corrected chi connectivity index (χ1v) is 5.51. The molecule has 0 bridgehead atoms. The van der Waals surface area contributed by atoms with Crippen molar-refractivity contribution in [2.45, 2.75) is 51.0 Å². The van der Waals surface area contributed by atoms with Crippen LogP contribution in [0.3, 0.4) is 0 Å². The molecule has 1 heteroatoms. The van der Waals surface area contributed by atoms with Crippen LogP contribution >= 0.6 is 0 Å². The van der Waals surface area contributed by atoms with Gasteiger partial charge in [0.25, 0.3) is 0 Å². The summed E-state index contributed by atoms with van der Waals surface area (Å²) < 4.78 is 1.38. The van der Waals surface area contributed by atoms with Gasteiger partial charge in [0.1, 0.15) is 0 Å². The van der Waals surface area contributed by atoms with Crippen molar-refractivity contribution in [3.05, 3.63) is 0 Å². The van der Waals surface area contributed by atoms with E-state index in [1.807, 2.05) is 0 Å². The molecule has 0 amide bonds. The fourth-order valence-corrected chi connectivity index (χ4v) is 3.25. The second-order valence-electron chi connectivity index (χ2n) is 5.25. The van der Waals surface area contributed by atoms with Crippen molar-refractivity contribution in [1.82, 2.24) is 0 Å². The van der Waals surface area contributed by atoms with Crippen molar-refractivity contribution in [1.29, 1.82) is 0 Å². The van der Waals surface area contributed by atoms with Gasteiger partial charge in [-0.3, -0.25) is 0 Å². The molecule has 0 unspecified atom stereocenters. The van der Waals surface area contributed by atoms with Gasteiger partial charge in [0, 0.05) is 12.8 Å². The third kappa shape index (κ3) is 1.10. The lowest BCUT2D eigenvalue weighted by molar-refractivity contribution is -0.967. The smallest absolute Gasteiger partial charge is 0.0962 e. The molecule has 0 spiro atoms. The molecule has 0 aromatic rings. The van der Waals surface area contributed by atoms with E-state index < -0.39 is 0 Å². The van der Waals surface area contributed by atoms with Crippen LogP contribution in [0, 0.1) is 0 Å². The van der Waals surface area contributed by atoms with E-state index in [1.54, 1.807) is 0 Å². The maximum Gasteiger partial charge on any atom is 0.0962 e. The summed E-state index contributed by atoms with van der Waals surface area (Å²) in [6.07, 6.45) is 8.83. The normalized spacial score (nSPS) is 48.5. The van der Waals surface area contributed by atoms with Crippen molar-refractivity contribution in [3.8, 4) is 0 Å². The van der Waals surface area contributed by atoms with Crippen LogP contribution < -0.4 is 0 Å². The lowest BCUT2D eigenvalue weighted by Crippen LogP contribution is -2.65. The zero-order valence-corrected chi connectivity index (χ0v) is 8.60. The Balaban J connectivity index is 2.20. The molecule has 0 radical (unpaired) electrons. The van der Waals surface area contributed by atoms with Crippen LogP contribution in [0.2, 0.25) is 0 Å². The van der Waals surface area contributed by atoms with Gasteiger partial charge in [-0.05, 0) is 32.6 Å². The van der Waals surface area contributed by atoms with Crippen LogP contribution in [0.1, 0.15) is 45.4 Å². The Bertz CT molecular complexity index is 142. The first-order valence-electron chi connectivity index (χ1n) is 5.51. The van der Waals surface area contributed by atoms with Gasteiger partial charge in [0.05, 0.1) is 25.7 Å². The summed E-state index contributed by atoms with van der Waals surface area (Å²) in [7, 11) is 2.48. The zero-order valence-electron chi connectivity index (χ0n) is 8.60. The summed E-state index contributed by atoms with van der Waals surface area (Å²) in [5, 5.41) is 0. The Hall–Kier alpha value is -0.0400. The van der Waals surface area contributed by atoms with E-state index >= 15 is 0 Å². The van der Waals surface area contributed by atoms with Crippen molar-refractivity contribution < 1.29 is 4.48 Å². The highest BCUT2D eigenvalue weighted by atomic mass is 15.4. The first kappa shape index (κ1) is 8.55. The molecule has 70 valence electrons. The molecular weight excluding hydrogens is 146 g/mol. The Labute approximate surface area is 76.3 Å². The molecule has 0 aliphatic carbocycles. The van der Waals surface area contributed by atoms with Crippen molar-refractivity contribution in [2.75, 3.05) is 20.1 Å². The Kier molecular flexibility index (Phi) is 1.95. The number of hydrogen-bond acceptors (Lipinski definition) is 0. The molecule has 2 aliphatic rings. The van der Waals surface area contributed by atoms with E-state index in [1.165, 1.54) is 56.1 Å². The molecule has 0 aromatic carbocycles. The number of rotatable bonds is 0. The topological polar surface area (TPSA) is 0 Å². The molecule has 0 N–H and O–H groups in total. The molecular formula is C11H22N+. The third-order valence-electron chi connectivity index (χ3n) is 4.54. The predicted molar refractivity (Wildman–Crippen MR) is 52.0 cm³/mol. The van der Waals surface area contributed by atoms with Crippen LogP contribution in [-0.4, -0.2) is 30.2 Å². The first-order chi connectivity index (χ1) is 5.66. The van der Waals surface area contributed by atoms with Gasteiger partial charge in [-0.15, -0.1) is 0 Å². The second kappa shape index (κ2) is 2.73. The number of piperidine rings is 2. The van der Waals surface area contributed by atoms with Crippen LogP contribution in [0.15, 0.2) is 0 Å². The minimum absolute atomic E-state index is 0.649. The van der Waals surface area contributed by atoms with Crippen molar-refractivity contribution >= 4 is 0 Å². The standard InChI is InChI=1S/C11H22N/c1-11-7-3-5-9-12(11,2)10-6-4-8-11/h3-10H2,1-2H3/q+1. The predicted octanol–water partition coefficient (Wildman–Crippen LogP) is 2.56. The monoisotopic (exact) mass is 168 g/mol. The highest BCUT2D eigenvalue weighted by molar-refractivity contribution is 4.82. The van der Waals surface area contributed by atoms with Crippen LogP contribution in [0.4, 0.5) is 0 Å². The van der Waals surface area contributed by atoms with E-state index in [0.717, 1.165) is 0 Å². The summed E-state index contributed by atoms with van der Waals surface area (Å²) in [5.74, 6) is 0. The molecule has 2 fully saturated rings. The molecule has 1 nitrogen and oxygen atoms in total. The Morgan fingerprint density at radius 1 is 0.917 bits per heavy atom. The summed E-state index contributed by atoms with van der Waals surface area (Å²) in [6, 6.07) is 0. The molecule has 0 atom stereocenters. The van der Waals surface area contributed by atoms with Crippen molar-refractivity contribution in [2.24, 2.45) is 0 Å². The summed E-state index contributed by atoms with van der Waals surface area (Å²) in [6.45, 7) is 5.40. The van der Waals surface area contributed by atoms with Crippen LogP contribution in [0.25, 0.3) is 0 Å². The molecule has 2 aliphatic heterocycles. The van der Waals surface area contributed by atoms with Gasteiger partial charge in [-0.1, -0.05) is 0 Å². The fourth-order valence-electron chi connectivity index (χ4n) is 3.25. The SMILES string of the molecule is CC12CCCC[N+]1(C)CCCC2. The van der Waals surface area contributed by atoms with Crippen molar-refractivity contribution in [3.63, 3.8) is 0 Å². The van der Waals surface area contributed by atoms with E-state index in [4.69, 9.17) is 0 Å². The van der Waals surface area contributed by atoms with Gasteiger partial charge in [-0.25, -0.2) is 0 Å². The molecule has 12 heavy (non-hydrogen) atoms. The minimum atomic E-state index is 0.649. The molecule has 2 rings (SSSR count). The summed E-state index contributed by atoms with van der Waals surface area (Å²) in [4.78, 5) is 0. The van der Waals surface area contributed by atoms with Crippen LogP contribution in [-0.2, 0) is 0 Å². The van der Waals surface area contributed by atoms with Gasteiger partial charge < -0.3 is 4.48 Å². The zero-order chi connectivity index (χ0) is 8.66. The average Bonchev–Trinajstić information content (AvgIpc) is 2.05. The second-order valence-corrected chi connectivity index (χ2v) is 5.25. The number of quaternary nitrogens is 1. The van der Waals surface area contributed by atoms with Gasteiger partial charge in [0.15, 0.2) is 0 Å². The molecule has 0 saturated carbocycles. The number of fused-ring (bicyclic) bond motifs is 1. The van der Waals surface area contributed by atoms with E-state index in [0.29, 0.717) is 5.54 Å². The molecule has 2 heterocycles. The number of nitrogens with zero attached hydrogens (tertiary/aromatic N) is 1. The average molecular weight is 168 g/mol. The van der Waals surface area contributed by atoms with E-state index in [9.17, 15) is 0 Å². The highest BCUT2D eigenvalue weighted by Crippen LogP contribution is 2.40. The summed E-state index contributed by atoms with van der Waals surface area (Å²) >= 11 is 0. The minimum Gasteiger partial charge on any atom is -0.321 e. The largest absolute Gasteiger partial charge is 0.321 e. The van der Waals surface area contributed by atoms with Gasteiger partial charge >= 0.3 is 0 Å².